The lowest BCUT2D eigenvalue weighted by molar-refractivity contribution is -0.128. The lowest BCUT2D eigenvalue weighted by atomic mass is 9.89. The molecule has 0 atom stereocenters. The number of nitrogens with zero attached hydrogens (tertiary/aromatic N) is 2. The van der Waals surface area contributed by atoms with Crippen molar-refractivity contribution in [2.75, 3.05) is 26.7 Å². The van der Waals surface area contributed by atoms with Gasteiger partial charge < -0.3 is 10.2 Å². The van der Waals surface area contributed by atoms with E-state index in [1.54, 1.807) is 11.1 Å². The number of nitrogens with one attached hydrogen (secondary N) is 1. The van der Waals surface area contributed by atoms with Crippen LogP contribution in [0.1, 0.15) is 37.8 Å². The fourth-order valence-corrected chi connectivity index (χ4v) is 2.86. The van der Waals surface area contributed by atoms with Crippen molar-refractivity contribution in [2.45, 2.75) is 38.5 Å². The smallest absolute Gasteiger partial charge is 0.236 e. The van der Waals surface area contributed by atoms with Crippen molar-refractivity contribution >= 4 is 5.91 Å². The van der Waals surface area contributed by atoms with Crippen LogP contribution in [0.5, 0.6) is 0 Å². The van der Waals surface area contributed by atoms with Crippen LogP contribution in [-0.4, -0.2) is 42.5 Å². The normalized spacial score (nSPS) is 15.9. The van der Waals surface area contributed by atoms with E-state index in [2.05, 4.69) is 10.3 Å². The number of hydrogen-bond acceptors (Lipinski definition) is 3. The summed E-state index contributed by atoms with van der Waals surface area (Å²) >= 11 is 0. The maximum absolute atomic E-state index is 12.0. The van der Waals surface area contributed by atoms with Crippen molar-refractivity contribution in [1.82, 2.24) is 15.2 Å². The first kappa shape index (κ1) is 16.0. The van der Waals surface area contributed by atoms with Gasteiger partial charge in [-0.3, -0.25) is 9.78 Å². The van der Waals surface area contributed by atoms with Gasteiger partial charge in [0, 0.05) is 31.9 Å². The highest BCUT2D eigenvalue weighted by molar-refractivity contribution is 5.77. The third kappa shape index (κ3) is 5.84. The molecular weight excluding hydrogens is 262 g/mol. The van der Waals surface area contributed by atoms with E-state index < -0.39 is 0 Å². The Kier molecular flexibility index (Phi) is 6.67. The molecule has 0 radical (unpaired) electrons. The summed E-state index contributed by atoms with van der Waals surface area (Å²) in [4.78, 5) is 18.1. The molecule has 1 amide bonds. The van der Waals surface area contributed by atoms with Gasteiger partial charge in [0.15, 0.2) is 0 Å². The summed E-state index contributed by atoms with van der Waals surface area (Å²) in [6.07, 6.45) is 9.32. The molecule has 1 aromatic rings. The van der Waals surface area contributed by atoms with E-state index in [0.29, 0.717) is 6.54 Å². The number of hydrogen-bond donors (Lipinski definition) is 1. The van der Waals surface area contributed by atoms with Crippen LogP contribution in [0.3, 0.4) is 0 Å². The summed E-state index contributed by atoms with van der Waals surface area (Å²) in [7, 11) is 1.87. The fraction of sp³-hybridized carbons (Fsp3) is 0.647. The van der Waals surface area contributed by atoms with E-state index in [9.17, 15) is 4.79 Å². The number of amides is 1. The van der Waals surface area contributed by atoms with Gasteiger partial charge in [0.1, 0.15) is 0 Å². The maximum Gasteiger partial charge on any atom is 0.236 e. The van der Waals surface area contributed by atoms with Crippen molar-refractivity contribution < 1.29 is 4.79 Å². The lowest BCUT2D eigenvalue weighted by Crippen LogP contribution is -2.38. The molecule has 1 aliphatic carbocycles. The Bertz CT molecular complexity index is 415. The first-order valence-electron chi connectivity index (χ1n) is 8.10. The van der Waals surface area contributed by atoms with Gasteiger partial charge >= 0.3 is 0 Å². The molecule has 1 fully saturated rings. The summed E-state index contributed by atoms with van der Waals surface area (Å²) in [6.45, 7) is 2.16. The Hall–Kier alpha value is -1.42. The van der Waals surface area contributed by atoms with E-state index >= 15 is 0 Å². The summed E-state index contributed by atoms with van der Waals surface area (Å²) in [5.74, 6) is 0.937. The van der Waals surface area contributed by atoms with Gasteiger partial charge in [-0.05, 0) is 37.4 Å². The monoisotopic (exact) mass is 289 g/mol. The van der Waals surface area contributed by atoms with E-state index in [1.165, 1.54) is 32.1 Å². The van der Waals surface area contributed by atoms with Crippen molar-refractivity contribution in [2.24, 2.45) is 5.92 Å². The highest BCUT2D eigenvalue weighted by Crippen LogP contribution is 2.22. The summed E-state index contributed by atoms with van der Waals surface area (Å²) in [6, 6.07) is 5.89. The molecule has 1 aliphatic rings. The molecule has 1 saturated carbocycles. The largest absolute Gasteiger partial charge is 0.344 e. The molecule has 4 nitrogen and oxygen atoms in total. The van der Waals surface area contributed by atoms with Crippen LogP contribution >= 0.6 is 0 Å². The second kappa shape index (κ2) is 8.78. The zero-order chi connectivity index (χ0) is 14.9. The quantitative estimate of drug-likeness (QED) is 0.837. The topological polar surface area (TPSA) is 45.2 Å². The molecular formula is C17H27N3O. The SMILES string of the molecule is CN(CCc1ccccn1)C(=O)CNCC1CCCCC1. The van der Waals surface area contributed by atoms with E-state index in [4.69, 9.17) is 0 Å². The summed E-state index contributed by atoms with van der Waals surface area (Å²) in [5.41, 5.74) is 1.03. The number of pyridine rings is 1. The first-order valence-corrected chi connectivity index (χ1v) is 8.10. The number of carbonyl (C=O) groups excluding carboxylic acids is 1. The minimum absolute atomic E-state index is 0.168. The van der Waals surface area contributed by atoms with Crippen LogP contribution in [0.4, 0.5) is 0 Å². The van der Waals surface area contributed by atoms with Crippen LogP contribution in [0.25, 0.3) is 0 Å². The van der Waals surface area contributed by atoms with Gasteiger partial charge in [-0.15, -0.1) is 0 Å². The molecule has 1 aromatic heterocycles. The highest BCUT2D eigenvalue weighted by Gasteiger charge is 2.14. The minimum atomic E-state index is 0.168. The predicted molar refractivity (Wildman–Crippen MR) is 85.0 cm³/mol. The molecule has 0 bridgehead atoms. The molecule has 0 aromatic carbocycles. The molecule has 0 aliphatic heterocycles. The average Bonchev–Trinajstić information content (AvgIpc) is 2.54. The number of carbonyl (C=O) groups is 1. The van der Waals surface area contributed by atoms with Crippen LogP contribution < -0.4 is 5.32 Å². The van der Waals surface area contributed by atoms with Crippen LogP contribution in [-0.2, 0) is 11.2 Å². The van der Waals surface area contributed by atoms with Crippen LogP contribution in [0.2, 0.25) is 0 Å². The Morgan fingerprint density at radius 1 is 1.33 bits per heavy atom. The van der Waals surface area contributed by atoms with Gasteiger partial charge in [0.25, 0.3) is 0 Å². The number of likely N-dealkylation sites (N-methyl/N-ethyl adjacent to an activating group) is 1. The molecule has 1 N–H and O–H groups in total. The van der Waals surface area contributed by atoms with Crippen molar-refractivity contribution in [3.05, 3.63) is 30.1 Å². The average molecular weight is 289 g/mol. The second-order valence-electron chi connectivity index (χ2n) is 6.02. The van der Waals surface area contributed by atoms with Crippen molar-refractivity contribution in [3.63, 3.8) is 0 Å². The predicted octanol–water partition coefficient (Wildman–Crippen LogP) is 2.25. The third-order valence-corrected chi connectivity index (χ3v) is 4.29. The Labute approximate surface area is 127 Å². The zero-order valence-electron chi connectivity index (χ0n) is 13.1. The molecule has 4 heteroatoms. The number of rotatable bonds is 7. The second-order valence-corrected chi connectivity index (χ2v) is 6.02. The molecule has 1 heterocycles. The van der Waals surface area contributed by atoms with E-state index in [0.717, 1.165) is 31.1 Å². The summed E-state index contributed by atoms with van der Waals surface area (Å²) in [5, 5.41) is 3.33. The molecule has 21 heavy (non-hydrogen) atoms. The van der Waals surface area contributed by atoms with Crippen molar-refractivity contribution in [3.8, 4) is 0 Å². The zero-order valence-corrected chi connectivity index (χ0v) is 13.1. The van der Waals surface area contributed by atoms with Crippen LogP contribution in [0, 0.1) is 5.92 Å². The Morgan fingerprint density at radius 3 is 2.86 bits per heavy atom. The minimum Gasteiger partial charge on any atom is -0.344 e. The first-order chi connectivity index (χ1) is 10.3. The number of aromatic nitrogens is 1. The molecule has 116 valence electrons. The molecule has 0 spiro atoms. The van der Waals surface area contributed by atoms with Gasteiger partial charge in [-0.1, -0.05) is 25.3 Å². The van der Waals surface area contributed by atoms with E-state index in [1.807, 2.05) is 25.2 Å². The fourth-order valence-electron chi connectivity index (χ4n) is 2.86. The van der Waals surface area contributed by atoms with E-state index in [-0.39, 0.29) is 5.91 Å². The van der Waals surface area contributed by atoms with Crippen molar-refractivity contribution in [1.29, 1.82) is 0 Å². The van der Waals surface area contributed by atoms with Gasteiger partial charge in [-0.2, -0.15) is 0 Å². The van der Waals surface area contributed by atoms with Gasteiger partial charge in [0.05, 0.1) is 6.54 Å². The van der Waals surface area contributed by atoms with Gasteiger partial charge in [0.2, 0.25) is 5.91 Å². The summed E-state index contributed by atoms with van der Waals surface area (Å²) < 4.78 is 0. The lowest BCUT2D eigenvalue weighted by Gasteiger charge is -2.22. The molecule has 0 saturated heterocycles. The Balaban J connectivity index is 1.60. The van der Waals surface area contributed by atoms with Gasteiger partial charge in [-0.25, -0.2) is 0 Å². The molecule has 2 rings (SSSR count). The highest BCUT2D eigenvalue weighted by atomic mass is 16.2. The van der Waals surface area contributed by atoms with Crippen LogP contribution in [0.15, 0.2) is 24.4 Å². The maximum atomic E-state index is 12.0. The Morgan fingerprint density at radius 2 is 2.14 bits per heavy atom. The molecule has 0 unspecified atom stereocenters. The third-order valence-electron chi connectivity index (χ3n) is 4.29. The standard InChI is InChI=1S/C17H27N3O/c1-20(12-10-16-9-5-6-11-19-16)17(21)14-18-13-15-7-3-2-4-8-15/h5-6,9,11,15,18H,2-4,7-8,10,12-14H2,1H3.